The summed E-state index contributed by atoms with van der Waals surface area (Å²) >= 11 is 0. The summed E-state index contributed by atoms with van der Waals surface area (Å²) in [5, 5.41) is 9.97. The maximum Gasteiger partial charge on any atom is 0.518 e. The topological polar surface area (TPSA) is 68.7 Å². The van der Waals surface area contributed by atoms with E-state index in [2.05, 4.69) is 4.98 Å². The third kappa shape index (κ3) is 2.89. The molecule has 1 aromatic heterocycles. The highest BCUT2D eigenvalue weighted by Gasteiger charge is 2.53. The zero-order valence-corrected chi connectivity index (χ0v) is 13.3. The first kappa shape index (κ1) is 15.5. The molecular formula is C13H20BNO4S. The van der Waals surface area contributed by atoms with Crippen molar-refractivity contribution in [1.82, 2.24) is 4.98 Å². The summed E-state index contributed by atoms with van der Waals surface area (Å²) in [5.41, 5.74) is 0.00465. The van der Waals surface area contributed by atoms with Crippen molar-refractivity contribution in [3.63, 3.8) is 0 Å². The maximum atomic E-state index is 11.3. The Labute approximate surface area is 122 Å². The molecule has 1 fully saturated rings. The Morgan fingerprint density at radius 2 is 1.80 bits per heavy atom. The van der Waals surface area contributed by atoms with Gasteiger partial charge in [0.05, 0.1) is 22.6 Å². The van der Waals surface area contributed by atoms with Gasteiger partial charge in [-0.3, -0.25) is 9.19 Å². The van der Waals surface area contributed by atoms with Crippen molar-refractivity contribution in [3.05, 3.63) is 17.8 Å². The Morgan fingerprint density at radius 3 is 2.30 bits per heavy atom. The molecule has 1 aromatic rings. The molecule has 1 aliphatic rings. The van der Waals surface area contributed by atoms with Crippen LogP contribution in [0.15, 0.2) is 12.1 Å². The average molecular weight is 297 g/mol. The number of nitrogens with zero attached hydrogens (tertiary/aromatic N) is 1. The lowest BCUT2D eigenvalue weighted by atomic mass is 9.83. The molecule has 1 N–H and O–H groups in total. The third-order valence-electron chi connectivity index (χ3n) is 3.79. The van der Waals surface area contributed by atoms with Gasteiger partial charge in [0.25, 0.3) is 0 Å². The van der Waals surface area contributed by atoms with Crippen LogP contribution in [-0.2, 0) is 25.9 Å². The molecule has 1 atom stereocenters. The molecule has 2 rings (SSSR count). The maximum absolute atomic E-state index is 11.3. The first-order chi connectivity index (χ1) is 9.12. The van der Waals surface area contributed by atoms with Crippen LogP contribution >= 0.6 is 0 Å². The molecule has 1 saturated heterocycles. The Balaban J connectivity index is 2.32. The van der Waals surface area contributed by atoms with Crippen molar-refractivity contribution >= 4 is 23.5 Å². The summed E-state index contributed by atoms with van der Waals surface area (Å²) in [4.78, 5) is 4.33. The molecule has 0 bridgehead atoms. The molecule has 0 spiro atoms. The third-order valence-corrected chi connectivity index (χ3v) is 4.49. The Morgan fingerprint density at radius 1 is 1.25 bits per heavy atom. The largest absolute Gasteiger partial charge is 0.518 e. The van der Waals surface area contributed by atoms with E-state index in [9.17, 15) is 9.32 Å². The minimum atomic E-state index is -0.989. The van der Waals surface area contributed by atoms with Gasteiger partial charge in [0.15, 0.2) is 0 Å². The molecule has 1 aliphatic heterocycles. The van der Waals surface area contributed by atoms with Crippen molar-refractivity contribution in [3.8, 4) is 5.75 Å². The highest BCUT2D eigenvalue weighted by Crippen LogP contribution is 2.36. The number of hydrogen-bond acceptors (Lipinski definition) is 5. The van der Waals surface area contributed by atoms with Gasteiger partial charge in [-0.15, -0.1) is 0 Å². The second-order valence-corrected chi connectivity index (χ2v) is 7.45. The van der Waals surface area contributed by atoms with Gasteiger partial charge in [0.1, 0.15) is 11.3 Å². The monoisotopic (exact) mass is 297 g/mol. The van der Waals surface area contributed by atoms with E-state index >= 15 is 0 Å². The molecular weight excluding hydrogens is 277 g/mol. The molecule has 0 aromatic carbocycles. The Hall–Kier alpha value is -0.915. The van der Waals surface area contributed by atoms with Crippen LogP contribution in [0, 0.1) is 0 Å². The van der Waals surface area contributed by atoms with E-state index in [1.165, 1.54) is 6.07 Å². The zero-order valence-electron chi connectivity index (χ0n) is 12.5. The molecule has 110 valence electrons. The summed E-state index contributed by atoms with van der Waals surface area (Å²) in [6.07, 6.45) is 1.61. The Kier molecular flexibility index (Phi) is 3.97. The van der Waals surface area contributed by atoms with Gasteiger partial charge in [-0.2, -0.15) is 0 Å². The first-order valence-corrected chi connectivity index (χ1v) is 8.19. The van der Waals surface area contributed by atoms with Crippen LogP contribution in [0.25, 0.3) is 0 Å². The van der Waals surface area contributed by atoms with Crippen LogP contribution in [0.3, 0.4) is 0 Å². The lowest BCUT2D eigenvalue weighted by molar-refractivity contribution is 0.00578. The minimum Gasteiger partial charge on any atom is -0.507 e. The predicted molar refractivity (Wildman–Crippen MR) is 79.4 cm³/mol. The molecule has 0 amide bonds. The Bertz CT molecular complexity index is 531. The highest BCUT2D eigenvalue weighted by atomic mass is 32.2. The van der Waals surface area contributed by atoms with E-state index in [1.807, 2.05) is 27.7 Å². The summed E-state index contributed by atoms with van der Waals surface area (Å²) in [6, 6.07) is 3.20. The first-order valence-electron chi connectivity index (χ1n) is 6.47. The van der Waals surface area contributed by atoms with Crippen LogP contribution in [0.1, 0.15) is 33.4 Å². The molecule has 0 aliphatic carbocycles. The van der Waals surface area contributed by atoms with Gasteiger partial charge >= 0.3 is 7.12 Å². The summed E-state index contributed by atoms with van der Waals surface area (Å²) < 4.78 is 23.0. The molecule has 1 unspecified atom stereocenters. The standard InChI is InChI=1S/C13H20BNO4S/c1-12(2)13(3,4)19-14(18-12)11-10(16)7-6-9(15-11)8-20(5)17/h6-7,16H,8H2,1-5H3. The number of aromatic hydroxyl groups is 1. The molecule has 5 nitrogen and oxygen atoms in total. The van der Waals surface area contributed by atoms with E-state index in [-0.39, 0.29) is 5.75 Å². The van der Waals surface area contributed by atoms with Gasteiger partial charge in [-0.05, 0) is 39.8 Å². The van der Waals surface area contributed by atoms with Crippen LogP contribution in [0.5, 0.6) is 5.75 Å². The van der Waals surface area contributed by atoms with E-state index in [4.69, 9.17) is 9.31 Å². The van der Waals surface area contributed by atoms with E-state index in [1.54, 1.807) is 12.3 Å². The lowest BCUT2D eigenvalue weighted by Gasteiger charge is -2.32. The fourth-order valence-electron chi connectivity index (χ4n) is 1.93. The van der Waals surface area contributed by atoms with E-state index in [0.717, 1.165) is 0 Å². The number of pyridine rings is 1. The highest BCUT2D eigenvalue weighted by molar-refractivity contribution is 7.83. The normalized spacial score (nSPS) is 21.9. The predicted octanol–water partition coefficient (Wildman–Crippen LogP) is 0.965. The summed E-state index contributed by atoms with van der Waals surface area (Å²) in [5.74, 6) is 0.362. The molecule has 20 heavy (non-hydrogen) atoms. The minimum absolute atomic E-state index is 0.0223. The fourth-order valence-corrected chi connectivity index (χ4v) is 2.50. The van der Waals surface area contributed by atoms with Gasteiger partial charge in [-0.25, -0.2) is 0 Å². The SMILES string of the molecule is CS(=O)Cc1ccc(O)c(B2OC(C)(C)C(C)(C)O2)n1. The van der Waals surface area contributed by atoms with Crippen molar-refractivity contribution < 1.29 is 18.6 Å². The van der Waals surface area contributed by atoms with Crippen LogP contribution in [0.4, 0.5) is 0 Å². The van der Waals surface area contributed by atoms with Crippen molar-refractivity contribution in [2.75, 3.05) is 6.26 Å². The molecule has 2 heterocycles. The zero-order chi connectivity index (χ0) is 15.1. The second-order valence-electron chi connectivity index (χ2n) is 6.01. The van der Waals surface area contributed by atoms with Crippen molar-refractivity contribution in [1.29, 1.82) is 0 Å². The van der Waals surface area contributed by atoms with Crippen LogP contribution in [-0.4, -0.2) is 38.9 Å². The quantitative estimate of drug-likeness (QED) is 0.842. The molecule has 7 heteroatoms. The van der Waals surface area contributed by atoms with Crippen LogP contribution in [0.2, 0.25) is 0 Å². The number of hydrogen-bond donors (Lipinski definition) is 1. The van der Waals surface area contributed by atoms with Crippen molar-refractivity contribution in [2.45, 2.75) is 44.6 Å². The smallest absolute Gasteiger partial charge is 0.507 e. The average Bonchev–Trinajstić information content (AvgIpc) is 2.50. The van der Waals surface area contributed by atoms with Crippen LogP contribution < -0.4 is 5.59 Å². The van der Waals surface area contributed by atoms with Crippen molar-refractivity contribution in [2.24, 2.45) is 0 Å². The number of rotatable bonds is 3. The lowest BCUT2D eigenvalue weighted by Crippen LogP contribution is -2.41. The summed E-state index contributed by atoms with van der Waals surface area (Å²) in [6.45, 7) is 7.76. The van der Waals surface area contributed by atoms with Gasteiger partial charge < -0.3 is 14.4 Å². The number of aromatic nitrogens is 1. The second kappa shape index (κ2) is 5.13. The van der Waals surface area contributed by atoms with Gasteiger partial charge in [-0.1, -0.05) is 0 Å². The van der Waals surface area contributed by atoms with E-state index in [0.29, 0.717) is 17.0 Å². The molecule has 0 saturated carbocycles. The van der Waals surface area contributed by atoms with Gasteiger partial charge in [0.2, 0.25) is 0 Å². The van der Waals surface area contributed by atoms with Gasteiger partial charge in [0, 0.05) is 17.1 Å². The summed E-state index contributed by atoms with van der Waals surface area (Å²) in [7, 11) is -1.71. The van der Waals surface area contributed by atoms with E-state index < -0.39 is 29.1 Å². The fraction of sp³-hybridized carbons (Fsp3) is 0.615. The molecule has 0 radical (unpaired) electrons.